The minimum Gasteiger partial charge on any atom is -0.382 e. The van der Waals surface area contributed by atoms with E-state index in [2.05, 4.69) is 4.98 Å². The quantitative estimate of drug-likeness (QED) is 0.604. The van der Waals surface area contributed by atoms with Crippen LogP contribution in [-0.2, 0) is 6.42 Å². The standard InChI is InChI=1S/C7H7NOS/c9-6-4-5-2-1-3-8-7(5)10-6/h1-3,6,9H,4H2. The topological polar surface area (TPSA) is 33.1 Å². The summed E-state index contributed by atoms with van der Waals surface area (Å²) in [5, 5.41) is 10.2. The molecule has 2 heterocycles. The monoisotopic (exact) mass is 153 g/mol. The Balaban J connectivity index is 2.42. The van der Waals surface area contributed by atoms with Gasteiger partial charge in [0, 0.05) is 12.6 Å². The number of aromatic nitrogens is 1. The normalized spacial score (nSPS) is 22.7. The van der Waals surface area contributed by atoms with Crippen LogP contribution in [0.5, 0.6) is 0 Å². The predicted octanol–water partition coefficient (Wildman–Crippen LogP) is 1.05. The molecular weight excluding hydrogens is 146 g/mol. The zero-order chi connectivity index (χ0) is 6.97. The van der Waals surface area contributed by atoms with Crippen LogP contribution in [0.2, 0.25) is 0 Å². The van der Waals surface area contributed by atoms with E-state index in [1.807, 2.05) is 12.1 Å². The Kier molecular flexibility index (Phi) is 1.39. The lowest BCUT2D eigenvalue weighted by molar-refractivity contribution is 0.268. The van der Waals surface area contributed by atoms with Crippen LogP contribution in [0.25, 0.3) is 0 Å². The number of thioether (sulfide) groups is 1. The molecule has 1 atom stereocenters. The molecule has 1 aromatic heterocycles. The van der Waals surface area contributed by atoms with Crippen molar-refractivity contribution >= 4 is 11.8 Å². The van der Waals surface area contributed by atoms with Crippen LogP contribution in [0.1, 0.15) is 5.56 Å². The fraction of sp³-hybridized carbons (Fsp3) is 0.286. The smallest absolute Gasteiger partial charge is 0.109 e. The molecule has 1 aliphatic rings. The second-order valence-electron chi connectivity index (χ2n) is 2.24. The van der Waals surface area contributed by atoms with E-state index in [-0.39, 0.29) is 5.44 Å². The van der Waals surface area contributed by atoms with Crippen LogP contribution in [0.4, 0.5) is 0 Å². The zero-order valence-electron chi connectivity index (χ0n) is 5.32. The highest BCUT2D eigenvalue weighted by atomic mass is 32.2. The van der Waals surface area contributed by atoms with Crippen molar-refractivity contribution in [3.8, 4) is 0 Å². The van der Waals surface area contributed by atoms with Gasteiger partial charge in [0.1, 0.15) is 10.5 Å². The molecule has 52 valence electrons. The number of nitrogens with zero attached hydrogens (tertiary/aromatic N) is 1. The number of pyridine rings is 1. The maximum Gasteiger partial charge on any atom is 0.109 e. The summed E-state index contributed by atoms with van der Waals surface area (Å²) in [5.41, 5.74) is 0.893. The van der Waals surface area contributed by atoms with Gasteiger partial charge in [-0.05, 0) is 11.6 Å². The molecule has 2 nitrogen and oxygen atoms in total. The molecule has 1 aliphatic heterocycles. The molecule has 0 bridgehead atoms. The average Bonchev–Trinajstić information content (AvgIpc) is 2.27. The van der Waals surface area contributed by atoms with Gasteiger partial charge in [0.05, 0.1) is 0 Å². The van der Waals surface area contributed by atoms with Crippen LogP contribution in [-0.4, -0.2) is 15.5 Å². The Labute approximate surface area is 63.3 Å². The first-order valence-electron chi connectivity index (χ1n) is 3.15. The van der Waals surface area contributed by atoms with Crippen molar-refractivity contribution in [1.29, 1.82) is 0 Å². The van der Waals surface area contributed by atoms with E-state index in [0.717, 1.165) is 11.4 Å². The van der Waals surface area contributed by atoms with E-state index in [4.69, 9.17) is 0 Å². The van der Waals surface area contributed by atoms with Crippen molar-refractivity contribution in [2.24, 2.45) is 0 Å². The van der Waals surface area contributed by atoms with Crippen molar-refractivity contribution in [1.82, 2.24) is 4.98 Å². The van der Waals surface area contributed by atoms with E-state index in [1.54, 1.807) is 6.20 Å². The molecular formula is C7H7NOS. The number of hydrogen-bond acceptors (Lipinski definition) is 3. The summed E-state index contributed by atoms with van der Waals surface area (Å²) in [7, 11) is 0. The first-order valence-corrected chi connectivity index (χ1v) is 4.03. The van der Waals surface area contributed by atoms with Gasteiger partial charge in [-0.25, -0.2) is 4.98 Å². The van der Waals surface area contributed by atoms with Gasteiger partial charge in [0.15, 0.2) is 0 Å². The molecule has 1 N–H and O–H groups in total. The van der Waals surface area contributed by atoms with E-state index in [9.17, 15) is 5.11 Å². The number of fused-ring (bicyclic) bond motifs is 1. The molecule has 1 unspecified atom stereocenters. The molecule has 0 amide bonds. The number of aliphatic hydroxyl groups excluding tert-OH is 1. The minimum atomic E-state index is -0.273. The van der Waals surface area contributed by atoms with Crippen molar-refractivity contribution in [3.05, 3.63) is 23.9 Å². The highest BCUT2D eigenvalue weighted by Gasteiger charge is 2.19. The highest BCUT2D eigenvalue weighted by molar-refractivity contribution is 8.00. The van der Waals surface area contributed by atoms with Gasteiger partial charge in [0.2, 0.25) is 0 Å². The van der Waals surface area contributed by atoms with Gasteiger partial charge in [-0.3, -0.25) is 0 Å². The SMILES string of the molecule is OC1Cc2cccnc2S1. The maximum atomic E-state index is 9.17. The molecule has 3 heteroatoms. The molecule has 1 aromatic rings. The number of rotatable bonds is 0. The number of aliphatic hydroxyl groups is 1. The van der Waals surface area contributed by atoms with Gasteiger partial charge in [-0.1, -0.05) is 17.8 Å². The van der Waals surface area contributed by atoms with E-state index < -0.39 is 0 Å². The van der Waals surface area contributed by atoms with Crippen LogP contribution < -0.4 is 0 Å². The highest BCUT2D eigenvalue weighted by Crippen LogP contribution is 2.32. The molecule has 2 rings (SSSR count). The van der Waals surface area contributed by atoms with Crippen LogP contribution in [0.15, 0.2) is 23.4 Å². The molecule has 0 saturated heterocycles. The molecule has 0 aromatic carbocycles. The fourth-order valence-electron chi connectivity index (χ4n) is 1.04. The predicted molar refractivity (Wildman–Crippen MR) is 39.8 cm³/mol. The summed E-state index contributed by atoms with van der Waals surface area (Å²) in [6, 6.07) is 3.91. The largest absolute Gasteiger partial charge is 0.382 e. The molecule has 0 aliphatic carbocycles. The summed E-state index contributed by atoms with van der Waals surface area (Å²) in [5.74, 6) is 0. The van der Waals surface area contributed by atoms with Gasteiger partial charge >= 0.3 is 0 Å². The summed E-state index contributed by atoms with van der Waals surface area (Å²) in [6.07, 6.45) is 2.50. The van der Waals surface area contributed by atoms with Crippen LogP contribution in [0.3, 0.4) is 0 Å². The summed E-state index contributed by atoms with van der Waals surface area (Å²) >= 11 is 1.44. The van der Waals surface area contributed by atoms with E-state index in [0.29, 0.717) is 0 Å². The van der Waals surface area contributed by atoms with E-state index in [1.165, 1.54) is 17.3 Å². The molecule has 10 heavy (non-hydrogen) atoms. The summed E-state index contributed by atoms with van der Waals surface area (Å²) in [4.78, 5) is 4.11. The third kappa shape index (κ3) is 0.914. The van der Waals surface area contributed by atoms with Gasteiger partial charge in [0.25, 0.3) is 0 Å². The van der Waals surface area contributed by atoms with Crippen molar-refractivity contribution < 1.29 is 5.11 Å². The third-order valence-electron chi connectivity index (χ3n) is 1.49. The Morgan fingerprint density at radius 1 is 1.70 bits per heavy atom. The lowest BCUT2D eigenvalue weighted by atomic mass is 10.2. The van der Waals surface area contributed by atoms with E-state index >= 15 is 0 Å². The lowest BCUT2D eigenvalue weighted by Gasteiger charge is -1.92. The zero-order valence-corrected chi connectivity index (χ0v) is 6.14. The Morgan fingerprint density at radius 3 is 3.40 bits per heavy atom. The Hall–Kier alpha value is -0.540. The molecule has 0 radical (unpaired) electrons. The van der Waals surface area contributed by atoms with Crippen molar-refractivity contribution in [3.63, 3.8) is 0 Å². The lowest BCUT2D eigenvalue weighted by Crippen LogP contribution is -1.95. The fourth-order valence-corrected chi connectivity index (χ4v) is 1.99. The minimum absolute atomic E-state index is 0.273. The van der Waals surface area contributed by atoms with Crippen LogP contribution in [0, 0.1) is 0 Å². The van der Waals surface area contributed by atoms with Gasteiger partial charge in [-0.2, -0.15) is 0 Å². The Bertz CT molecular complexity index is 226. The number of hydrogen-bond donors (Lipinski definition) is 1. The van der Waals surface area contributed by atoms with Crippen molar-refractivity contribution in [2.45, 2.75) is 16.9 Å². The second-order valence-corrected chi connectivity index (χ2v) is 3.41. The Morgan fingerprint density at radius 2 is 2.60 bits per heavy atom. The van der Waals surface area contributed by atoms with Crippen molar-refractivity contribution in [2.75, 3.05) is 0 Å². The second kappa shape index (κ2) is 2.25. The molecule has 0 spiro atoms. The van der Waals surface area contributed by atoms with Gasteiger partial charge < -0.3 is 5.11 Å². The maximum absolute atomic E-state index is 9.17. The third-order valence-corrected chi connectivity index (χ3v) is 2.52. The summed E-state index contributed by atoms with van der Waals surface area (Å²) in [6.45, 7) is 0. The van der Waals surface area contributed by atoms with Gasteiger partial charge in [-0.15, -0.1) is 0 Å². The summed E-state index contributed by atoms with van der Waals surface area (Å²) < 4.78 is 0. The molecule has 0 fully saturated rings. The first kappa shape index (κ1) is 6.19. The van der Waals surface area contributed by atoms with Crippen LogP contribution >= 0.6 is 11.8 Å². The average molecular weight is 153 g/mol. The molecule has 0 saturated carbocycles. The first-order chi connectivity index (χ1) is 4.86.